The van der Waals surface area contributed by atoms with Crippen molar-refractivity contribution in [2.24, 2.45) is 5.92 Å². The van der Waals surface area contributed by atoms with E-state index in [1.165, 1.54) is 25.1 Å². The summed E-state index contributed by atoms with van der Waals surface area (Å²) in [5.41, 5.74) is 0.328. The molecule has 2 amide bonds. The van der Waals surface area contributed by atoms with Gasteiger partial charge in [-0.05, 0) is 38.0 Å². The maximum atomic E-state index is 13.2. The summed E-state index contributed by atoms with van der Waals surface area (Å²) in [4.78, 5) is 17.6. The number of nitrogens with zero attached hydrogens (tertiary/aromatic N) is 4. The molecule has 1 aliphatic rings. The van der Waals surface area contributed by atoms with Crippen molar-refractivity contribution in [2.45, 2.75) is 38.5 Å². The molecule has 1 unspecified atom stereocenters. The molecular weight excluding hydrogens is 347 g/mol. The predicted octanol–water partition coefficient (Wildman–Crippen LogP) is 3.14. The number of amides is 2. The minimum Gasteiger partial charge on any atom is -0.334 e. The summed E-state index contributed by atoms with van der Waals surface area (Å²) >= 11 is 0. The molecule has 3 rings (SSSR count). The van der Waals surface area contributed by atoms with E-state index < -0.39 is 23.7 Å². The molecule has 2 aromatic rings. The van der Waals surface area contributed by atoms with Gasteiger partial charge in [0.05, 0.1) is 17.1 Å². The Kier molecular flexibility index (Phi) is 4.64. The van der Waals surface area contributed by atoms with Crippen LogP contribution in [0.4, 0.5) is 18.0 Å². The molecule has 2 heterocycles. The van der Waals surface area contributed by atoms with Gasteiger partial charge in [-0.15, -0.1) is 0 Å². The lowest BCUT2D eigenvalue weighted by atomic mass is 9.88. The fraction of sp³-hybridized carbons (Fsp3) is 0.471. The molecule has 1 fully saturated rings. The van der Waals surface area contributed by atoms with Gasteiger partial charge in [-0.25, -0.2) is 14.5 Å². The number of nitrogens with one attached hydrogen (secondary N) is 1. The largest absolute Gasteiger partial charge is 0.394 e. The zero-order valence-electron chi connectivity index (χ0n) is 14.5. The van der Waals surface area contributed by atoms with Gasteiger partial charge in [0.1, 0.15) is 12.7 Å². The molecule has 0 bridgehead atoms. The number of urea groups is 1. The lowest BCUT2D eigenvalue weighted by Gasteiger charge is -2.36. The summed E-state index contributed by atoms with van der Waals surface area (Å²) in [7, 11) is 0. The van der Waals surface area contributed by atoms with E-state index in [0.29, 0.717) is 0 Å². The third kappa shape index (κ3) is 3.51. The van der Waals surface area contributed by atoms with Crippen molar-refractivity contribution >= 4 is 6.03 Å². The van der Waals surface area contributed by atoms with Crippen LogP contribution in [0.2, 0.25) is 0 Å². The zero-order chi connectivity index (χ0) is 18.9. The average molecular weight is 367 g/mol. The van der Waals surface area contributed by atoms with Crippen LogP contribution in [0.5, 0.6) is 0 Å². The number of carbonyl (C=O) groups is 1. The molecule has 1 aromatic heterocycles. The number of aromatic nitrogens is 3. The van der Waals surface area contributed by atoms with Crippen molar-refractivity contribution in [3.05, 3.63) is 42.5 Å². The first kappa shape index (κ1) is 18.2. The van der Waals surface area contributed by atoms with Crippen LogP contribution in [0.3, 0.4) is 0 Å². The van der Waals surface area contributed by atoms with Gasteiger partial charge in [-0.3, -0.25) is 0 Å². The Hall–Kier alpha value is -2.58. The highest BCUT2D eigenvalue weighted by Gasteiger charge is 2.56. The van der Waals surface area contributed by atoms with Gasteiger partial charge in [-0.1, -0.05) is 12.1 Å². The Morgan fingerprint density at radius 3 is 2.77 bits per heavy atom. The SMILES string of the molecule is CC1(C)C(C(F)(F)F)CCN1C(=O)NCc1cccc(-n2cncn2)c1. The van der Waals surface area contributed by atoms with E-state index in [1.54, 1.807) is 11.0 Å². The van der Waals surface area contributed by atoms with Crippen molar-refractivity contribution in [1.82, 2.24) is 25.0 Å². The quantitative estimate of drug-likeness (QED) is 0.907. The van der Waals surface area contributed by atoms with Crippen LogP contribution in [-0.2, 0) is 6.54 Å². The number of hydrogen-bond donors (Lipinski definition) is 1. The van der Waals surface area contributed by atoms with E-state index in [9.17, 15) is 18.0 Å². The molecule has 1 N–H and O–H groups in total. The molecule has 6 nitrogen and oxygen atoms in total. The minimum atomic E-state index is -4.31. The van der Waals surface area contributed by atoms with Crippen molar-refractivity contribution in [1.29, 1.82) is 0 Å². The van der Waals surface area contributed by atoms with Crippen LogP contribution in [0, 0.1) is 5.92 Å². The van der Waals surface area contributed by atoms with Crippen molar-refractivity contribution in [3.63, 3.8) is 0 Å². The second-order valence-corrected chi connectivity index (χ2v) is 6.86. The maximum Gasteiger partial charge on any atom is 0.394 e. The summed E-state index contributed by atoms with van der Waals surface area (Å²) < 4.78 is 41.0. The second kappa shape index (κ2) is 6.62. The smallest absolute Gasteiger partial charge is 0.334 e. The molecule has 1 saturated heterocycles. The highest BCUT2D eigenvalue weighted by Crippen LogP contribution is 2.44. The fourth-order valence-corrected chi connectivity index (χ4v) is 3.44. The standard InChI is InChI=1S/C17H20F3N5O/c1-16(2)14(17(18,19)20)6-7-24(16)15(26)22-9-12-4-3-5-13(8-12)25-11-21-10-23-25/h3-5,8,10-11,14H,6-7,9H2,1-2H3,(H,22,26). The van der Waals surface area contributed by atoms with Crippen LogP contribution in [0.25, 0.3) is 5.69 Å². The van der Waals surface area contributed by atoms with Crippen LogP contribution in [0.15, 0.2) is 36.9 Å². The van der Waals surface area contributed by atoms with Crippen LogP contribution >= 0.6 is 0 Å². The molecule has 1 atom stereocenters. The van der Waals surface area contributed by atoms with E-state index in [1.807, 2.05) is 24.3 Å². The van der Waals surface area contributed by atoms with Gasteiger partial charge in [0.2, 0.25) is 0 Å². The molecule has 1 aliphatic heterocycles. The molecule has 0 aliphatic carbocycles. The highest BCUT2D eigenvalue weighted by atomic mass is 19.4. The van der Waals surface area contributed by atoms with Crippen molar-refractivity contribution in [3.8, 4) is 5.69 Å². The van der Waals surface area contributed by atoms with Crippen LogP contribution in [0.1, 0.15) is 25.8 Å². The zero-order valence-corrected chi connectivity index (χ0v) is 14.5. The molecule has 9 heteroatoms. The predicted molar refractivity (Wildman–Crippen MR) is 88.5 cm³/mol. The summed E-state index contributed by atoms with van der Waals surface area (Å²) in [5.74, 6) is -1.52. The van der Waals surface area contributed by atoms with Gasteiger partial charge in [0.15, 0.2) is 0 Å². The first-order valence-electron chi connectivity index (χ1n) is 8.25. The van der Waals surface area contributed by atoms with Gasteiger partial charge >= 0.3 is 12.2 Å². The molecule has 1 aromatic carbocycles. The molecule has 26 heavy (non-hydrogen) atoms. The highest BCUT2D eigenvalue weighted by molar-refractivity contribution is 5.75. The monoisotopic (exact) mass is 367 g/mol. The Morgan fingerprint density at radius 1 is 1.38 bits per heavy atom. The van der Waals surface area contributed by atoms with Crippen molar-refractivity contribution in [2.75, 3.05) is 6.54 Å². The lowest BCUT2D eigenvalue weighted by molar-refractivity contribution is -0.189. The van der Waals surface area contributed by atoms with Gasteiger partial charge in [-0.2, -0.15) is 18.3 Å². The van der Waals surface area contributed by atoms with Gasteiger partial charge in [0.25, 0.3) is 0 Å². The number of hydrogen-bond acceptors (Lipinski definition) is 3. The normalized spacial score (nSPS) is 19.6. The Balaban J connectivity index is 1.66. The Morgan fingerprint density at radius 2 is 2.15 bits per heavy atom. The van der Waals surface area contributed by atoms with E-state index in [2.05, 4.69) is 15.4 Å². The number of halogens is 3. The topological polar surface area (TPSA) is 63.1 Å². The maximum absolute atomic E-state index is 13.2. The van der Waals surface area contributed by atoms with Gasteiger partial charge in [0, 0.05) is 13.1 Å². The third-order valence-corrected chi connectivity index (χ3v) is 4.87. The molecular formula is C17H20F3N5O. The third-order valence-electron chi connectivity index (χ3n) is 4.87. The van der Waals surface area contributed by atoms with E-state index in [0.717, 1.165) is 11.3 Å². The number of rotatable bonds is 3. The van der Waals surface area contributed by atoms with E-state index in [4.69, 9.17) is 0 Å². The van der Waals surface area contributed by atoms with E-state index >= 15 is 0 Å². The fourth-order valence-electron chi connectivity index (χ4n) is 3.44. The molecule has 0 radical (unpaired) electrons. The minimum absolute atomic E-state index is 0.0777. The lowest BCUT2D eigenvalue weighted by Crippen LogP contribution is -2.52. The van der Waals surface area contributed by atoms with Crippen LogP contribution < -0.4 is 5.32 Å². The Bertz CT molecular complexity index is 773. The van der Waals surface area contributed by atoms with E-state index in [-0.39, 0.29) is 19.5 Å². The van der Waals surface area contributed by atoms with Gasteiger partial charge < -0.3 is 10.2 Å². The summed E-state index contributed by atoms with van der Waals surface area (Å²) in [6.45, 7) is 3.22. The molecule has 0 saturated carbocycles. The number of carbonyl (C=O) groups excluding carboxylic acids is 1. The molecule has 140 valence electrons. The summed E-state index contributed by atoms with van der Waals surface area (Å²) in [6.07, 6.45) is -1.42. The summed E-state index contributed by atoms with van der Waals surface area (Å²) in [5, 5.41) is 6.76. The second-order valence-electron chi connectivity index (χ2n) is 6.86. The molecule has 0 spiro atoms. The summed E-state index contributed by atoms with van der Waals surface area (Å²) in [6, 6.07) is 6.83. The Labute approximate surface area is 149 Å². The van der Waals surface area contributed by atoms with Crippen molar-refractivity contribution < 1.29 is 18.0 Å². The number of alkyl halides is 3. The first-order valence-corrected chi connectivity index (χ1v) is 8.25. The average Bonchev–Trinajstić information content (AvgIpc) is 3.19. The first-order chi connectivity index (χ1) is 12.2. The van der Waals surface area contributed by atoms with Crippen LogP contribution in [-0.4, -0.2) is 44.0 Å². The number of likely N-dealkylation sites (tertiary alicyclic amines) is 1. The number of benzene rings is 1.